The van der Waals surface area contributed by atoms with Crippen LogP contribution in [0, 0.1) is 0 Å². The van der Waals surface area contributed by atoms with E-state index in [9.17, 15) is 18.0 Å². The fourth-order valence-corrected chi connectivity index (χ4v) is 4.38. The van der Waals surface area contributed by atoms with Crippen molar-refractivity contribution in [3.63, 3.8) is 0 Å². The van der Waals surface area contributed by atoms with Crippen molar-refractivity contribution in [3.8, 4) is 22.8 Å². The first-order valence-electron chi connectivity index (χ1n) is 13.1. The average Bonchev–Trinajstić information content (AvgIpc) is 2.95. The molecule has 0 saturated heterocycles. The number of aromatic nitrogens is 2. The van der Waals surface area contributed by atoms with E-state index in [4.69, 9.17) is 16.3 Å². The van der Waals surface area contributed by atoms with E-state index in [0.29, 0.717) is 28.8 Å². The molecule has 0 aliphatic carbocycles. The summed E-state index contributed by atoms with van der Waals surface area (Å²) in [5.41, 5.74) is -0.541. The molecule has 3 aromatic carbocycles. The SMILES string of the molecule is CN(C)CCCCNc1nccc(Oc2ccc(NC(=O)Nc3ccc(-c4ccccc4)c(C(F)(F)F)c3Cl)cc2)n1. The van der Waals surface area contributed by atoms with Crippen molar-refractivity contribution in [3.05, 3.63) is 89.6 Å². The van der Waals surface area contributed by atoms with Crippen LogP contribution in [0.2, 0.25) is 5.02 Å². The van der Waals surface area contributed by atoms with Crippen molar-refractivity contribution in [2.75, 3.05) is 43.1 Å². The van der Waals surface area contributed by atoms with E-state index in [1.54, 1.807) is 66.9 Å². The summed E-state index contributed by atoms with van der Waals surface area (Å²) in [6.07, 6.45) is -1.12. The Hall–Kier alpha value is -4.35. The molecule has 8 nitrogen and oxygen atoms in total. The van der Waals surface area contributed by atoms with Crippen molar-refractivity contribution in [2.24, 2.45) is 0 Å². The number of carbonyl (C=O) groups excluding carboxylic acids is 1. The van der Waals surface area contributed by atoms with E-state index in [1.807, 2.05) is 14.1 Å². The molecule has 3 N–H and O–H groups in total. The molecule has 0 fully saturated rings. The van der Waals surface area contributed by atoms with Crippen molar-refractivity contribution in [1.29, 1.82) is 0 Å². The van der Waals surface area contributed by atoms with Gasteiger partial charge >= 0.3 is 12.2 Å². The molecule has 2 amide bonds. The molecule has 0 aliphatic rings. The molecule has 0 aliphatic heterocycles. The van der Waals surface area contributed by atoms with Gasteiger partial charge in [-0.3, -0.25) is 0 Å². The summed E-state index contributed by atoms with van der Waals surface area (Å²) >= 11 is 6.16. The molecule has 4 rings (SSSR count). The number of urea groups is 1. The zero-order chi connectivity index (χ0) is 30.1. The third-order valence-electron chi connectivity index (χ3n) is 6.04. The molecule has 12 heteroatoms. The molecular formula is C30H30ClF3N6O2. The van der Waals surface area contributed by atoms with E-state index >= 15 is 0 Å². The predicted molar refractivity (Wildman–Crippen MR) is 159 cm³/mol. The Morgan fingerprint density at radius 2 is 1.69 bits per heavy atom. The van der Waals surface area contributed by atoms with E-state index in [-0.39, 0.29) is 11.3 Å². The number of hydrogen-bond acceptors (Lipinski definition) is 6. The first-order chi connectivity index (χ1) is 20.1. The van der Waals surface area contributed by atoms with Crippen LogP contribution >= 0.6 is 11.6 Å². The zero-order valence-corrected chi connectivity index (χ0v) is 23.8. The molecule has 4 aromatic rings. The highest BCUT2D eigenvalue weighted by Crippen LogP contribution is 2.44. The number of unbranched alkanes of at least 4 members (excludes halogenated alkanes) is 1. The second-order valence-electron chi connectivity index (χ2n) is 9.57. The number of nitrogens with one attached hydrogen (secondary N) is 3. The van der Waals surface area contributed by atoms with Crippen LogP contribution in [0.5, 0.6) is 11.6 Å². The lowest BCUT2D eigenvalue weighted by Crippen LogP contribution is -2.20. The van der Waals surface area contributed by atoms with Gasteiger partial charge in [0.05, 0.1) is 16.3 Å². The fraction of sp³-hybridized carbons (Fsp3) is 0.233. The topological polar surface area (TPSA) is 91.4 Å². The Balaban J connectivity index is 1.36. The third-order valence-corrected chi connectivity index (χ3v) is 6.43. The van der Waals surface area contributed by atoms with Crippen LogP contribution in [0.4, 0.5) is 35.3 Å². The Kier molecular flexibility index (Phi) is 10.2. The van der Waals surface area contributed by atoms with Gasteiger partial charge in [-0.2, -0.15) is 18.2 Å². The highest BCUT2D eigenvalue weighted by Gasteiger charge is 2.37. The van der Waals surface area contributed by atoms with Gasteiger partial charge in [0.1, 0.15) is 5.75 Å². The molecule has 0 spiro atoms. The van der Waals surface area contributed by atoms with Gasteiger partial charge in [0.15, 0.2) is 0 Å². The molecule has 0 bridgehead atoms. The number of anilines is 3. The monoisotopic (exact) mass is 598 g/mol. The summed E-state index contributed by atoms with van der Waals surface area (Å²) in [4.78, 5) is 23.3. The fourth-order valence-electron chi connectivity index (χ4n) is 4.06. The number of halogens is 4. The quantitative estimate of drug-likeness (QED) is 0.152. The number of amides is 2. The normalized spacial score (nSPS) is 11.3. The second-order valence-corrected chi connectivity index (χ2v) is 9.95. The Morgan fingerprint density at radius 3 is 2.38 bits per heavy atom. The minimum absolute atomic E-state index is 0.0822. The summed E-state index contributed by atoms with van der Waals surface area (Å²) < 4.78 is 47.6. The second kappa shape index (κ2) is 14.0. The number of hydrogen-bond donors (Lipinski definition) is 3. The zero-order valence-electron chi connectivity index (χ0n) is 23.0. The summed E-state index contributed by atoms with van der Waals surface area (Å²) in [6, 6.07) is 18.0. The summed E-state index contributed by atoms with van der Waals surface area (Å²) in [5.74, 6) is 1.26. The minimum atomic E-state index is -4.74. The van der Waals surface area contributed by atoms with Gasteiger partial charge < -0.3 is 25.6 Å². The number of ether oxygens (including phenoxy) is 1. The largest absolute Gasteiger partial charge is 0.439 e. The van der Waals surface area contributed by atoms with Crippen molar-refractivity contribution < 1.29 is 22.7 Å². The molecule has 1 heterocycles. The van der Waals surface area contributed by atoms with E-state index in [0.717, 1.165) is 25.9 Å². The molecular weight excluding hydrogens is 569 g/mol. The maximum Gasteiger partial charge on any atom is 0.418 e. The lowest BCUT2D eigenvalue weighted by atomic mass is 9.98. The maximum absolute atomic E-state index is 13.9. The lowest BCUT2D eigenvalue weighted by molar-refractivity contribution is -0.136. The summed E-state index contributed by atoms with van der Waals surface area (Å²) in [6.45, 7) is 1.74. The number of carbonyl (C=O) groups is 1. The van der Waals surface area contributed by atoms with Crippen LogP contribution in [-0.2, 0) is 6.18 Å². The minimum Gasteiger partial charge on any atom is -0.439 e. The first-order valence-corrected chi connectivity index (χ1v) is 13.5. The average molecular weight is 599 g/mol. The number of rotatable bonds is 11. The predicted octanol–water partition coefficient (Wildman–Crippen LogP) is 8.01. The van der Waals surface area contributed by atoms with E-state index in [2.05, 4.69) is 30.8 Å². The van der Waals surface area contributed by atoms with Gasteiger partial charge in [-0.15, -0.1) is 0 Å². The van der Waals surface area contributed by atoms with Crippen LogP contribution in [0.1, 0.15) is 18.4 Å². The maximum atomic E-state index is 13.9. The van der Waals surface area contributed by atoms with Gasteiger partial charge in [0.25, 0.3) is 0 Å². The highest BCUT2D eigenvalue weighted by molar-refractivity contribution is 6.35. The Morgan fingerprint density at radius 1 is 0.952 bits per heavy atom. The molecule has 1 aromatic heterocycles. The highest BCUT2D eigenvalue weighted by atomic mass is 35.5. The number of alkyl halides is 3. The van der Waals surface area contributed by atoms with Gasteiger partial charge in [0.2, 0.25) is 11.8 Å². The van der Waals surface area contributed by atoms with Gasteiger partial charge in [-0.05, 0) is 74.9 Å². The van der Waals surface area contributed by atoms with Crippen LogP contribution < -0.4 is 20.7 Å². The molecule has 0 unspecified atom stereocenters. The first kappa shape index (κ1) is 30.6. The smallest absolute Gasteiger partial charge is 0.418 e. The Bertz CT molecular complexity index is 1490. The molecule has 0 atom stereocenters. The van der Waals surface area contributed by atoms with E-state index in [1.165, 1.54) is 12.1 Å². The van der Waals surface area contributed by atoms with Gasteiger partial charge in [-0.1, -0.05) is 48.0 Å². The number of nitrogens with zero attached hydrogens (tertiary/aromatic N) is 3. The van der Waals surface area contributed by atoms with Crippen molar-refractivity contribution in [2.45, 2.75) is 19.0 Å². The van der Waals surface area contributed by atoms with E-state index < -0.39 is 22.8 Å². The van der Waals surface area contributed by atoms with Gasteiger partial charge in [-0.25, -0.2) is 9.78 Å². The summed E-state index contributed by atoms with van der Waals surface area (Å²) in [5, 5.41) is 7.55. The Labute approximate surface area is 246 Å². The molecule has 0 saturated carbocycles. The van der Waals surface area contributed by atoms with Crippen LogP contribution in [-0.4, -0.2) is 48.1 Å². The van der Waals surface area contributed by atoms with Crippen LogP contribution in [0.15, 0.2) is 79.0 Å². The van der Waals surface area contributed by atoms with Crippen LogP contribution in [0.3, 0.4) is 0 Å². The standard InChI is InChI=1S/C30H30ClF3N6O2/c1-40(2)19-7-6-17-35-28-36-18-16-25(39-28)42-22-12-10-21(11-13-22)37-29(41)38-24-15-14-23(20-8-4-3-5-9-20)26(27(24)31)30(32,33)34/h3-5,8-16,18H,6-7,17,19H2,1-2H3,(H,35,36,39)(H2,37,38,41). The lowest BCUT2D eigenvalue weighted by Gasteiger charge is -2.18. The molecule has 220 valence electrons. The number of benzene rings is 3. The van der Waals surface area contributed by atoms with Crippen molar-refractivity contribution >= 4 is 35.0 Å². The molecule has 0 radical (unpaired) electrons. The van der Waals surface area contributed by atoms with Gasteiger partial charge in [0, 0.05) is 24.5 Å². The van der Waals surface area contributed by atoms with Crippen LogP contribution in [0.25, 0.3) is 11.1 Å². The molecule has 42 heavy (non-hydrogen) atoms. The third kappa shape index (κ3) is 8.58. The summed E-state index contributed by atoms with van der Waals surface area (Å²) in [7, 11) is 4.07. The van der Waals surface area contributed by atoms with Crippen molar-refractivity contribution in [1.82, 2.24) is 14.9 Å².